The van der Waals surface area contributed by atoms with Crippen LogP contribution in [0.25, 0.3) is 0 Å². The molecule has 1 unspecified atom stereocenters. The van der Waals surface area contributed by atoms with E-state index in [0.29, 0.717) is 5.92 Å². The molecule has 176 valence electrons. The molecule has 2 aromatic carbocycles. The van der Waals surface area contributed by atoms with Crippen molar-refractivity contribution in [1.82, 2.24) is 20.4 Å². The Morgan fingerprint density at radius 1 is 1.12 bits per heavy atom. The van der Waals surface area contributed by atoms with Crippen LogP contribution >= 0.6 is 24.0 Å². The van der Waals surface area contributed by atoms with Crippen molar-refractivity contribution in [2.75, 3.05) is 38.7 Å². The van der Waals surface area contributed by atoms with Crippen LogP contribution in [0, 0.1) is 5.92 Å². The van der Waals surface area contributed by atoms with Gasteiger partial charge in [-0.1, -0.05) is 30.3 Å². The summed E-state index contributed by atoms with van der Waals surface area (Å²) in [6, 6.07) is 18.7. The molecule has 0 spiro atoms. The molecular formula is C25H33IN6O. The number of hydrogen-bond donors (Lipinski definition) is 2. The normalized spacial score (nSPS) is 15.8. The molecule has 4 rings (SSSR count). The molecule has 8 heteroatoms. The molecule has 2 N–H and O–H groups in total. The predicted octanol–water partition coefficient (Wildman–Crippen LogP) is 3.75. The minimum absolute atomic E-state index is 0. The summed E-state index contributed by atoms with van der Waals surface area (Å²) in [4.78, 5) is 6.84. The summed E-state index contributed by atoms with van der Waals surface area (Å²) in [6.45, 7) is 4.47. The standard InChI is InChI=1S/C25H32N6O.HI/c1-26-25(28-17-21-7-3-4-8-22(21)19-31-13-6-12-29-31)27-16-20-11-14-30(18-20)23-9-5-10-24(15-23)32-2;/h3-10,12-13,15,20H,11,14,16-19H2,1-2H3,(H2,26,27,28);1H. The van der Waals surface area contributed by atoms with Crippen molar-refractivity contribution in [3.63, 3.8) is 0 Å². The van der Waals surface area contributed by atoms with E-state index in [2.05, 4.69) is 68.1 Å². The van der Waals surface area contributed by atoms with Crippen molar-refractivity contribution in [3.05, 3.63) is 78.1 Å². The van der Waals surface area contributed by atoms with Gasteiger partial charge in [-0.15, -0.1) is 24.0 Å². The zero-order chi connectivity index (χ0) is 22.2. The molecule has 0 amide bonds. The van der Waals surface area contributed by atoms with E-state index in [0.717, 1.165) is 50.9 Å². The molecular weight excluding hydrogens is 527 g/mol. The van der Waals surface area contributed by atoms with Crippen LogP contribution in [0.3, 0.4) is 0 Å². The summed E-state index contributed by atoms with van der Waals surface area (Å²) < 4.78 is 7.31. The molecule has 1 aliphatic rings. The lowest BCUT2D eigenvalue weighted by molar-refractivity contribution is 0.415. The number of ether oxygens (including phenoxy) is 1. The van der Waals surface area contributed by atoms with Crippen LogP contribution in [0.2, 0.25) is 0 Å². The number of rotatable bonds is 8. The lowest BCUT2D eigenvalue weighted by atomic mass is 10.1. The number of nitrogens with one attached hydrogen (secondary N) is 2. The van der Waals surface area contributed by atoms with Crippen molar-refractivity contribution < 1.29 is 4.74 Å². The van der Waals surface area contributed by atoms with Gasteiger partial charge in [0, 0.05) is 57.4 Å². The Bertz CT molecular complexity index is 1020. The Morgan fingerprint density at radius 3 is 2.73 bits per heavy atom. The van der Waals surface area contributed by atoms with Crippen LogP contribution in [0.1, 0.15) is 17.5 Å². The minimum atomic E-state index is 0. The van der Waals surface area contributed by atoms with Crippen LogP contribution in [-0.2, 0) is 13.1 Å². The van der Waals surface area contributed by atoms with Crippen LogP contribution in [0.15, 0.2) is 72.0 Å². The Kier molecular flexibility index (Phi) is 9.41. The van der Waals surface area contributed by atoms with Gasteiger partial charge in [-0.2, -0.15) is 5.10 Å². The molecule has 33 heavy (non-hydrogen) atoms. The van der Waals surface area contributed by atoms with Gasteiger partial charge in [-0.25, -0.2) is 0 Å². The van der Waals surface area contributed by atoms with Crippen molar-refractivity contribution >= 4 is 35.6 Å². The number of methoxy groups -OCH3 is 1. The second-order valence-corrected chi connectivity index (χ2v) is 8.08. The molecule has 0 aliphatic carbocycles. The van der Waals surface area contributed by atoms with Crippen LogP contribution in [-0.4, -0.2) is 49.5 Å². The Balaban J connectivity index is 0.00000306. The third-order valence-electron chi connectivity index (χ3n) is 5.94. The fourth-order valence-corrected chi connectivity index (χ4v) is 4.13. The monoisotopic (exact) mass is 560 g/mol. The molecule has 0 radical (unpaired) electrons. The van der Waals surface area contributed by atoms with E-state index >= 15 is 0 Å². The number of halogens is 1. The van der Waals surface area contributed by atoms with E-state index in [1.54, 1.807) is 7.11 Å². The van der Waals surface area contributed by atoms with Gasteiger partial charge >= 0.3 is 0 Å². The van der Waals surface area contributed by atoms with E-state index in [4.69, 9.17) is 4.74 Å². The Labute approximate surface area is 213 Å². The molecule has 7 nitrogen and oxygen atoms in total. The van der Waals surface area contributed by atoms with Crippen molar-refractivity contribution in [2.45, 2.75) is 19.5 Å². The second kappa shape index (κ2) is 12.5. The van der Waals surface area contributed by atoms with Crippen molar-refractivity contribution in [2.24, 2.45) is 10.9 Å². The van der Waals surface area contributed by atoms with Gasteiger partial charge < -0.3 is 20.3 Å². The van der Waals surface area contributed by atoms with Gasteiger partial charge in [0.15, 0.2) is 5.96 Å². The molecule has 1 saturated heterocycles. The summed E-state index contributed by atoms with van der Waals surface area (Å²) in [5.74, 6) is 2.31. The maximum absolute atomic E-state index is 5.37. The molecule has 1 atom stereocenters. The summed E-state index contributed by atoms with van der Waals surface area (Å²) in [7, 11) is 3.53. The van der Waals surface area contributed by atoms with Gasteiger partial charge in [0.25, 0.3) is 0 Å². The SMILES string of the molecule is CN=C(NCc1ccccc1Cn1cccn1)NCC1CCN(c2cccc(OC)c2)C1.I. The largest absolute Gasteiger partial charge is 0.497 e. The molecule has 3 aromatic rings. The van der Waals surface area contributed by atoms with Gasteiger partial charge in [0.05, 0.1) is 13.7 Å². The van der Waals surface area contributed by atoms with E-state index < -0.39 is 0 Å². The van der Waals surface area contributed by atoms with Crippen molar-refractivity contribution in [3.8, 4) is 5.75 Å². The van der Waals surface area contributed by atoms with E-state index in [1.165, 1.54) is 16.8 Å². The summed E-state index contributed by atoms with van der Waals surface area (Å²) in [5, 5.41) is 11.3. The lowest BCUT2D eigenvalue weighted by Gasteiger charge is -2.20. The Morgan fingerprint density at radius 2 is 1.97 bits per heavy atom. The van der Waals surface area contributed by atoms with Gasteiger partial charge in [0.1, 0.15) is 5.75 Å². The summed E-state index contributed by atoms with van der Waals surface area (Å²) in [5.41, 5.74) is 3.73. The van der Waals surface area contributed by atoms with Gasteiger partial charge in [-0.05, 0) is 41.7 Å². The molecule has 0 saturated carbocycles. The fraction of sp³-hybridized carbons (Fsp3) is 0.360. The average Bonchev–Trinajstić information content (AvgIpc) is 3.52. The molecule has 0 bridgehead atoms. The quantitative estimate of drug-likeness (QED) is 0.250. The molecule has 1 aliphatic heterocycles. The van der Waals surface area contributed by atoms with Gasteiger partial charge in [0.2, 0.25) is 0 Å². The maximum atomic E-state index is 5.37. The smallest absolute Gasteiger partial charge is 0.191 e. The van der Waals surface area contributed by atoms with Crippen molar-refractivity contribution in [1.29, 1.82) is 0 Å². The van der Waals surface area contributed by atoms with Gasteiger partial charge in [-0.3, -0.25) is 9.67 Å². The fourth-order valence-electron chi connectivity index (χ4n) is 4.13. The number of anilines is 1. The second-order valence-electron chi connectivity index (χ2n) is 8.08. The summed E-state index contributed by atoms with van der Waals surface area (Å²) in [6.07, 6.45) is 4.96. The van der Waals surface area contributed by atoms with Crippen LogP contribution in [0.4, 0.5) is 5.69 Å². The lowest BCUT2D eigenvalue weighted by Crippen LogP contribution is -2.40. The number of aromatic nitrogens is 2. The third kappa shape index (κ3) is 6.86. The molecule has 2 heterocycles. The highest BCUT2D eigenvalue weighted by Gasteiger charge is 2.23. The van der Waals surface area contributed by atoms with Crippen LogP contribution in [0.5, 0.6) is 5.75 Å². The third-order valence-corrected chi connectivity index (χ3v) is 5.94. The first-order valence-electron chi connectivity index (χ1n) is 11.1. The zero-order valence-electron chi connectivity index (χ0n) is 19.3. The van der Waals surface area contributed by atoms with E-state index in [9.17, 15) is 0 Å². The maximum Gasteiger partial charge on any atom is 0.191 e. The number of aliphatic imine (C=N–C) groups is 1. The minimum Gasteiger partial charge on any atom is -0.497 e. The molecule has 1 fully saturated rings. The number of hydrogen-bond acceptors (Lipinski definition) is 4. The number of guanidine groups is 1. The highest BCUT2D eigenvalue weighted by molar-refractivity contribution is 14.0. The average molecular weight is 560 g/mol. The first-order chi connectivity index (χ1) is 15.7. The first kappa shape index (κ1) is 24.9. The first-order valence-corrected chi connectivity index (χ1v) is 11.1. The topological polar surface area (TPSA) is 66.7 Å². The van der Waals surface area contributed by atoms with Crippen LogP contribution < -0.4 is 20.3 Å². The van der Waals surface area contributed by atoms with E-state index in [1.807, 2.05) is 36.3 Å². The number of nitrogens with zero attached hydrogens (tertiary/aromatic N) is 4. The zero-order valence-corrected chi connectivity index (χ0v) is 21.6. The Hall–Kier alpha value is -2.75. The predicted molar refractivity (Wildman–Crippen MR) is 145 cm³/mol. The highest BCUT2D eigenvalue weighted by atomic mass is 127. The molecule has 1 aromatic heterocycles. The highest BCUT2D eigenvalue weighted by Crippen LogP contribution is 2.26. The van der Waals surface area contributed by atoms with E-state index in [-0.39, 0.29) is 24.0 Å². The number of benzene rings is 2. The summed E-state index contributed by atoms with van der Waals surface area (Å²) >= 11 is 0.